The summed E-state index contributed by atoms with van der Waals surface area (Å²) < 4.78 is 62.5. The molecule has 0 aliphatic heterocycles. The lowest BCUT2D eigenvalue weighted by Crippen LogP contribution is -2.12. The Morgan fingerprint density at radius 2 is 1.72 bits per heavy atom. The zero-order valence-corrected chi connectivity index (χ0v) is 14.9. The Kier molecular flexibility index (Phi) is 5.24. The second-order valence-electron chi connectivity index (χ2n) is 6.20. The smallest absolute Gasteiger partial charge is 0.453 e. The minimum absolute atomic E-state index is 0.00198. The molecule has 1 aromatic heterocycles. The van der Waals surface area contributed by atoms with Crippen molar-refractivity contribution in [1.29, 1.82) is 0 Å². The Labute approximate surface area is 145 Å². The van der Waals surface area contributed by atoms with Gasteiger partial charge in [0.1, 0.15) is 0 Å². The Bertz CT molecular complexity index is 816. The third-order valence-corrected chi connectivity index (χ3v) is 4.41. The Morgan fingerprint density at radius 3 is 2.12 bits per heavy atom. The Balaban J connectivity index is 2.78. The topological polar surface area (TPSA) is 96.9 Å². The molecule has 2 rings (SSSR count). The second kappa shape index (κ2) is 6.75. The zero-order chi connectivity index (χ0) is 19.1. The summed E-state index contributed by atoms with van der Waals surface area (Å²) in [6, 6.07) is 2.96. The van der Waals surface area contributed by atoms with Gasteiger partial charge in [0.05, 0.1) is 5.69 Å². The van der Waals surface area contributed by atoms with Crippen LogP contribution in [-0.4, -0.2) is 23.5 Å². The quantitative estimate of drug-likeness (QED) is 0.827. The third-order valence-electron chi connectivity index (χ3n) is 3.70. The van der Waals surface area contributed by atoms with Crippen molar-refractivity contribution in [3.8, 4) is 5.69 Å². The van der Waals surface area contributed by atoms with Crippen molar-refractivity contribution >= 4 is 17.0 Å². The molecule has 0 radical (unpaired) electrons. The maximum Gasteiger partial charge on any atom is 0.453 e. The van der Waals surface area contributed by atoms with Crippen LogP contribution in [0, 0.1) is 0 Å². The maximum absolute atomic E-state index is 12.8. The molecule has 2 aromatic rings. The van der Waals surface area contributed by atoms with Gasteiger partial charge in [-0.3, -0.25) is 4.21 Å². The fourth-order valence-corrected chi connectivity index (χ4v) is 3.16. The van der Waals surface area contributed by atoms with Gasteiger partial charge in [-0.2, -0.15) is 22.8 Å². The van der Waals surface area contributed by atoms with E-state index in [-0.39, 0.29) is 22.4 Å². The lowest BCUT2D eigenvalue weighted by molar-refractivity contribution is -0.144. The molecule has 0 aliphatic carbocycles. The van der Waals surface area contributed by atoms with Gasteiger partial charge in [-0.15, -0.1) is 5.10 Å². The van der Waals surface area contributed by atoms with Crippen molar-refractivity contribution in [2.24, 2.45) is 0 Å². The summed E-state index contributed by atoms with van der Waals surface area (Å²) in [7, 11) is 0. The molecule has 1 atom stereocenters. The number of rotatable bonds is 4. The number of nitrogens with two attached hydrogens (primary N) is 1. The number of hydrogen-bond donors (Lipinski definition) is 1. The molecule has 6 nitrogen and oxygen atoms in total. The summed E-state index contributed by atoms with van der Waals surface area (Å²) >= 11 is -2.56. The summed E-state index contributed by atoms with van der Waals surface area (Å²) in [4.78, 5) is 3.24. The highest BCUT2D eigenvalue weighted by Crippen LogP contribution is 2.34. The van der Waals surface area contributed by atoms with E-state index in [1.54, 1.807) is 6.07 Å². The van der Waals surface area contributed by atoms with Gasteiger partial charge >= 0.3 is 6.18 Å². The molecular formula is C15H18F3N4O2S-. The van der Waals surface area contributed by atoms with Crippen molar-refractivity contribution in [1.82, 2.24) is 14.8 Å². The largest absolute Gasteiger partial charge is 0.768 e. The minimum atomic E-state index is -4.75. The van der Waals surface area contributed by atoms with Gasteiger partial charge < -0.3 is 10.3 Å². The van der Waals surface area contributed by atoms with E-state index < -0.39 is 29.0 Å². The van der Waals surface area contributed by atoms with Crippen LogP contribution in [-0.2, 0) is 17.3 Å². The summed E-state index contributed by atoms with van der Waals surface area (Å²) in [5, 5.41) is 3.42. The summed E-state index contributed by atoms with van der Waals surface area (Å²) in [6.07, 6.45) is -4.75. The summed E-state index contributed by atoms with van der Waals surface area (Å²) in [5.41, 5.74) is 6.97. The van der Waals surface area contributed by atoms with E-state index in [1.165, 1.54) is 6.07 Å². The first-order chi connectivity index (χ1) is 11.4. The van der Waals surface area contributed by atoms with Gasteiger partial charge in [0, 0.05) is 4.90 Å². The predicted molar refractivity (Wildman–Crippen MR) is 86.1 cm³/mol. The van der Waals surface area contributed by atoms with Crippen LogP contribution < -0.4 is 5.73 Å². The molecule has 138 valence electrons. The third kappa shape index (κ3) is 3.84. The van der Waals surface area contributed by atoms with Crippen molar-refractivity contribution in [3.63, 3.8) is 0 Å². The van der Waals surface area contributed by atoms with E-state index in [0.29, 0.717) is 11.1 Å². The average Bonchev–Trinajstić information content (AvgIpc) is 2.87. The van der Waals surface area contributed by atoms with E-state index in [4.69, 9.17) is 5.73 Å². The first-order valence-electron chi connectivity index (χ1n) is 7.50. The molecule has 0 aliphatic rings. The summed E-state index contributed by atoms with van der Waals surface area (Å²) in [6.45, 7) is 7.35. The average molecular weight is 375 g/mol. The number of benzene rings is 1. The van der Waals surface area contributed by atoms with E-state index in [9.17, 15) is 21.9 Å². The number of alkyl halides is 3. The van der Waals surface area contributed by atoms with Crippen LogP contribution in [0.25, 0.3) is 5.69 Å². The predicted octanol–water partition coefficient (Wildman–Crippen LogP) is 3.35. The molecule has 0 spiro atoms. The lowest BCUT2D eigenvalue weighted by Gasteiger charge is -2.21. The van der Waals surface area contributed by atoms with Crippen LogP contribution in [0.4, 0.5) is 19.1 Å². The fraction of sp³-hybridized carbons (Fsp3) is 0.467. The Morgan fingerprint density at radius 1 is 1.16 bits per heavy atom. The fourth-order valence-electron chi connectivity index (χ4n) is 2.47. The molecule has 1 unspecified atom stereocenters. The van der Waals surface area contributed by atoms with Crippen LogP contribution >= 0.6 is 0 Å². The molecule has 25 heavy (non-hydrogen) atoms. The zero-order valence-electron chi connectivity index (χ0n) is 14.1. The molecule has 0 fully saturated rings. The Hall–Kier alpha value is -1.94. The van der Waals surface area contributed by atoms with Gasteiger partial charge in [-0.25, -0.2) is 0 Å². The standard InChI is InChI=1S/C15H19F3N4O2S/c1-7(2)9-5-10(8(3)4)12(25(23)24)6-11(9)22-14(19)20-13(21-22)15(16,17)18/h5-8H,1-4H3,(H,23,24)(H2,19,20,21)/p-1. The number of halogens is 3. The monoisotopic (exact) mass is 375 g/mol. The molecule has 2 N–H and O–H groups in total. The first kappa shape index (κ1) is 19.4. The number of nitrogen functional groups attached to an aromatic ring is 1. The van der Waals surface area contributed by atoms with Gasteiger partial charge in [0.2, 0.25) is 5.95 Å². The van der Waals surface area contributed by atoms with Crippen LogP contribution in [0.1, 0.15) is 56.5 Å². The van der Waals surface area contributed by atoms with Crippen molar-refractivity contribution in [2.45, 2.75) is 50.6 Å². The lowest BCUT2D eigenvalue weighted by atomic mass is 9.94. The summed E-state index contributed by atoms with van der Waals surface area (Å²) in [5.74, 6) is -2.02. The van der Waals surface area contributed by atoms with E-state index >= 15 is 0 Å². The van der Waals surface area contributed by atoms with E-state index in [0.717, 1.165) is 4.68 Å². The van der Waals surface area contributed by atoms with Crippen molar-refractivity contribution in [3.05, 3.63) is 29.1 Å². The van der Waals surface area contributed by atoms with Crippen LogP contribution in [0.15, 0.2) is 17.0 Å². The number of aromatic nitrogens is 3. The van der Waals surface area contributed by atoms with E-state index in [1.807, 2.05) is 27.7 Å². The normalized spacial score (nSPS) is 13.7. The van der Waals surface area contributed by atoms with Gasteiger partial charge in [-0.05, 0) is 40.1 Å². The molecular weight excluding hydrogens is 357 g/mol. The molecule has 0 bridgehead atoms. The highest BCUT2D eigenvalue weighted by Gasteiger charge is 2.37. The van der Waals surface area contributed by atoms with Gasteiger partial charge in [0.25, 0.3) is 5.82 Å². The SMILES string of the molecule is CC(C)c1cc(C(C)C)c(S(=O)[O-])cc1-n1nc(C(F)(F)F)nc1N. The van der Waals surface area contributed by atoms with Crippen molar-refractivity contribution in [2.75, 3.05) is 5.73 Å². The number of hydrogen-bond acceptors (Lipinski definition) is 5. The van der Waals surface area contributed by atoms with Gasteiger partial charge in [0.15, 0.2) is 0 Å². The molecule has 10 heteroatoms. The highest BCUT2D eigenvalue weighted by atomic mass is 32.2. The van der Waals surface area contributed by atoms with Crippen molar-refractivity contribution < 1.29 is 21.9 Å². The molecule has 1 aromatic carbocycles. The van der Waals surface area contributed by atoms with Crippen LogP contribution in [0.5, 0.6) is 0 Å². The van der Waals surface area contributed by atoms with Gasteiger partial charge in [-0.1, -0.05) is 33.8 Å². The van der Waals surface area contributed by atoms with Crippen LogP contribution in [0.2, 0.25) is 0 Å². The maximum atomic E-state index is 12.8. The number of anilines is 1. The van der Waals surface area contributed by atoms with Crippen LogP contribution in [0.3, 0.4) is 0 Å². The first-order valence-corrected chi connectivity index (χ1v) is 8.58. The molecule has 0 amide bonds. The molecule has 1 heterocycles. The highest BCUT2D eigenvalue weighted by molar-refractivity contribution is 7.79. The molecule has 0 saturated carbocycles. The minimum Gasteiger partial charge on any atom is -0.768 e. The number of nitrogens with zero attached hydrogens (tertiary/aromatic N) is 3. The molecule has 0 saturated heterocycles. The van der Waals surface area contributed by atoms with E-state index in [2.05, 4.69) is 10.1 Å². The second-order valence-corrected chi connectivity index (χ2v) is 7.11.